The van der Waals surface area contributed by atoms with Gasteiger partial charge in [-0.15, -0.1) is 0 Å². The van der Waals surface area contributed by atoms with Gasteiger partial charge < -0.3 is 15.0 Å². The summed E-state index contributed by atoms with van der Waals surface area (Å²) in [5.74, 6) is 0.893. The molecule has 0 aliphatic rings. The first kappa shape index (κ1) is 14.3. The van der Waals surface area contributed by atoms with E-state index in [2.05, 4.69) is 61.6 Å². The third-order valence-corrected chi connectivity index (χ3v) is 3.34. The lowest BCUT2D eigenvalue weighted by atomic mass is 10.1. The highest BCUT2D eigenvalue weighted by molar-refractivity contribution is 5.59. The molecular weight excluding hydrogens is 248 g/mol. The number of aryl methyl sites for hydroxylation is 1. The highest BCUT2D eigenvalue weighted by Gasteiger charge is 2.02. The van der Waals surface area contributed by atoms with Crippen LogP contribution >= 0.6 is 0 Å². The van der Waals surface area contributed by atoms with E-state index in [4.69, 9.17) is 4.74 Å². The van der Waals surface area contributed by atoms with Crippen molar-refractivity contribution in [2.24, 2.45) is 0 Å². The Balaban J connectivity index is 2.07. The molecule has 0 aliphatic carbocycles. The second-order valence-electron chi connectivity index (χ2n) is 5.10. The highest BCUT2D eigenvalue weighted by Crippen LogP contribution is 2.22. The van der Waals surface area contributed by atoms with Gasteiger partial charge in [0, 0.05) is 32.0 Å². The Kier molecular flexibility index (Phi) is 4.51. The summed E-state index contributed by atoms with van der Waals surface area (Å²) >= 11 is 0. The first-order chi connectivity index (χ1) is 9.60. The first-order valence-corrected chi connectivity index (χ1v) is 6.75. The van der Waals surface area contributed by atoms with Crippen molar-refractivity contribution in [3.8, 4) is 5.75 Å². The fourth-order valence-electron chi connectivity index (χ4n) is 2.10. The molecule has 0 spiro atoms. The van der Waals surface area contributed by atoms with E-state index >= 15 is 0 Å². The number of rotatable bonds is 5. The average molecular weight is 270 g/mol. The molecule has 0 atom stereocenters. The van der Waals surface area contributed by atoms with Crippen LogP contribution in [0.1, 0.15) is 11.1 Å². The monoisotopic (exact) mass is 270 g/mol. The maximum atomic E-state index is 5.24. The molecule has 0 saturated carbocycles. The molecule has 2 aromatic carbocycles. The standard InChI is InChI=1S/C17H22N2O/c1-13-10-15(19(2)3)8-9-17(13)18-12-14-6-5-7-16(11-14)20-4/h5-11,18H,12H2,1-4H3. The van der Waals surface area contributed by atoms with Crippen molar-refractivity contribution in [3.63, 3.8) is 0 Å². The molecule has 3 nitrogen and oxygen atoms in total. The number of hydrogen-bond acceptors (Lipinski definition) is 3. The van der Waals surface area contributed by atoms with Crippen LogP contribution in [0.25, 0.3) is 0 Å². The maximum absolute atomic E-state index is 5.24. The van der Waals surface area contributed by atoms with Gasteiger partial charge in [-0.3, -0.25) is 0 Å². The zero-order chi connectivity index (χ0) is 14.5. The third-order valence-electron chi connectivity index (χ3n) is 3.34. The third kappa shape index (κ3) is 3.44. The predicted octanol–water partition coefficient (Wildman–Crippen LogP) is 3.68. The number of anilines is 2. The van der Waals surface area contributed by atoms with Crippen molar-refractivity contribution in [1.82, 2.24) is 0 Å². The molecule has 106 valence electrons. The molecule has 0 unspecified atom stereocenters. The van der Waals surface area contributed by atoms with Crippen LogP contribution in [0.15, 0.2) is 42.5 Å². The van der Waals surface area contributed by atoms with Crippen LogP contribution in [0.5, 0.6) is 5.75 Å². The predicted molar refractivity (Wildman–Crippen MR) is 85.8 cm³/mol. The minimum Gasteiger partial charge on any atom is -0.497 e. The zero-order valence-corrected chi connectivity index (χ0v) is 12.6. The van der Waals surface area contributed by atoms with Crippen molar-refractivity contribution in [2.75, 3.05) is 31.4 Å². The molecule has 0 amide bonds. The maximum Gasteiger partial charge on any atom is 0.119 e. The number of methoxy groups -OCH3 is 1. The second kappa shape index (κ2) is 6.33. The molecule has 2 aromatic rings. The summed E-state index contributed by atoms with van der Waals surface area (Å²) in [6.45, 7) is 2.92. The Morgan fingerprint density at radius 1 is 1.10 bits per heavy atom. The number of nitrogens with one attached hydrogen (secondary N) is 1. The van der Waals surface area contributed by atoms with Gasteiger partial charge in [0.1, 0.15) is 5.75 Å². The van der Waals surface area contributed by atoms with Crippen LogP contribution in [-0.4, -0.2) is 21.2 Å². The topological polar surface area (TPSA) is 24.5 Å². The smallest absolute Gasteiger partial charge is 0.119 e. The van der Waals surface area contributed by atoms with Crippen molar-refractivity contribution >= 4 is 11.4 Å². The van der Waals surface area contributed by atoms with E-state index in [-0.39, 0.29) is 0 Å². The fraction of sp³-hybridized carbons (Fsp3) is 0.294. The molecule has 1 N–H and O–H groups in total. The summed E-state index contributed by atoms with van der Waals surface area (Å²) in [6, 6.07) is 14.6. The molecule has 0 aromatic heterocycles. The fourth-order valence-corrected chi connectivity index (χ4v) is 2.10. The molecule has 0 heterocycles. The van der Waals surface area contributed by atoms with Gasteiger partial charge in [-0.1, -0.05) is 12.1 Å². The average Bonchev–Trinajstić information content (AvgIpc) is 2.46. The van der Waals surface area contributed by atoms with Crippen molar-refractivity contribution in [3.05, 3.63) is 53.6 Å². The summed E-state index contributed by atoms with van der Waals surface area (Å²) in [7, 11) is 5.80. The van der Waals surface area contributed by atoms with Crippen molar-refractivity contribution in [2.45, 2.75) is 13.5 Å². The highest BCUT2D eigenvalue weighted by atomic mass is 16.5. The van der Waals surface area contributed by atoms with Gasteiger partial charge in [0.15, 0.2) is 0 Å². The van der Waals surface area contributed by atoms with Crippen LogP contribution in [0.3, 0.4) is 0 Å². The first-order valence-electron chi connectivity index (χ1n) is 6.75. The molecule has 0 bridgehead atoms. The van der Waals surface area contributed by atoms with E-state index in [0.717, 1.165) is 12.3 Å². The van der Waals surface area contributed by atoms with Crippen LogP contribution in [-0.2, 0) is 6.54 Å². The number of benzene rings is 2. The Hall–Kier alpha value is -2.16. The number of ether oxygens (including phenoxy) is 1. The normalized spacial score (nSPS) is 10.2. The molecule has 0 saturated heterocycles. The molecule has 20 heavy (non-hydrogen) atoms. The van der Waals surface area contributed by atoms with Gasteiger partial charge in [0.2, 0.25) is 0 Å². The van der Waals surface area contributed by atoms with E-state index in [1.165, 1.54) is 22.5 Å². The number of hydrogen-bond donors (Lipinski definition) is 1. The molecule has 2 rings (SSSR count). The minimum atomic E-state index is 0.791. The molecule has 0 radical (unpaired) electrons. The summed E-state index contributed by atoms with van der Waals surface area (Å²) in [4.78, 5) is 2.11. The lowest BCUT2D eigenvalue weighted by Crippen LogP contribution is -2.09. The van der Waals surface area contributed by atoms with E-state index < -0.39 is 0 Å². The molecular formula is C17H22N2O. The van der Waals surface area contributed by atoms with Crippen LogP contribution in [0.2, 0.25) is 0 Å². The SMILES string of the molecule is COc1cccc(CNc2ccc(N(C)C)cc2C)c1. The summed E-state index contributed by atoms with van der Waals surface area (Å²) in [5.41, 5.74) is 4.84. The van der Waals surface area contributed by atoms with E-state index in [1.54, 1.807) is 7.11 Å². The second-order valence-corrected chi connectivity index (χ2v) is 5.10. The Morgan fingerprint density at radius 3 is 2.55 bits per heavy atom. The summed E-state index contributed by atoms with van der Waals surface area (Å²) in [5, 5.41) is 3.47. The lowest BCUT2D eigenvalue weighted by Gasteiger charge is -2.16. The van der Waals surface area contributed by atoms with E-state index in [9.17, 15) is 0 Å². The molecule has 0 fully saturated rings. The van der Waals surface area contributed by atoms with Crippen LogP contribution in [0, 0.1) is 6.92 Å². The quantitative estimate of drug-likeness (QED) is 0.897. The van der Waals surface area contributed by atoms with Gasteiger partial charge in [-0.2, -0.15) is 0 Å². The summed E-state index contributed by atoms with van der Waals surface area (Å²) < 4.78 is 5.24. The van der Waals surface area contributed by atoms with Crippen molar-refractivity contribution in [1.29, 1.82) is 0 Å². The van der Waals surface area contributed by atoms with Gasteiger partial charge in [-0.25, -0.2) is 0 Å². The zero-order valence-electron chi connectivity index (χ0n) is 12.6. The van der Waals surface area contributed by atoms with Crippen LogP contribution in [0.4, 0.5) is 11.4 Å². The molecule has 3 heteroatoms. The van der Waals surface area contributed by atoms with Gasteiger partial charge >= 0.3 is 0 Å². The van der Waals surface area contributed by atoms with Gasteiger partial charge in [0.25, 0.3) is 0 Å². The number of nitrogens with zero attached hydrogens (tertiary/aromatic N) is 1. The Bertz CT molecular complexity index is 579. The Labute approximate surface area is 121 Å². The van der Waals surface area contributed by atoms with Crippen molar-refractivity contribution < 1.29 is 4.74 Å². The largest absolute Gasteiger partial charge is 0.497 e. The lowest BCUT2D eigenvalue weighted by molar-refractivity contribution is 0.414. The van der Waals surface area contributed by atoms with Crippen LogP contribution < -0.4 is 15.0 Å². The Morgan fingerprint density at radius 2 is 1.90 bits per heavy atom. The van der Waals surface area contributed by atoms with E-state index in [1.807, 2.05) is 12.1 Å². The minimum absolute atomic E-state index is 0.791. The summed E-state index contributed by atoms with van der Waals surface area (Å²) in [6.07, 6.45) is 0. The van der Waals surface area contributed by atoms with E-state index in [0.29, 0.717) is 0 Å². The molecule has 0 aliphatic heterocycles. The van der Waals surface area contributed by atoms with Gasteiger partial charge in [0.05, 0.1) is 7.11 Å². The van der Waals surface area contributed by atoms with Gasteiger partial charge in [-0.05, 0) is 48.4 Å².